The number of aromatic nitrogens is 3. The van der Waals surface area contributed by atoms with Crippen LogP contribution >= 0.6 is 0 Å². The molecular weight excluding hydrogens is 268 g/mol. The van der Waals surface area contributed by atoms with Gasteiger partial charge in [-0.05, 0) is 38.8 Å². The maximum absolute atomic E-state index is 11.4. The second-order valence-corrected chi connectivity index (χ2v) is 5.42. The van der Waals surface area contributed by atoms with Gasteiger partial charge in [0.05, 0.1) is 6.20 Å². The van der Waals surface area contributed by atoms with Crippen molar-refractivity contribution < 1.29 is 9.53 Å². The Morgan fingerprint density at radius 3 is 3.05 bits per heavy atom. The molecule has 0 fully saturated rings. The van der Waals surface area contributed by atoms with E-state index in [9.17, 15) is 4.79 Å². The van der Waals surface area contributed by atoms with Crippen LogP contribution in [0.15, 0.2) is 24.5 Å². The molecule has 2 rings (SSSR count). The van der Waals surface area contributed by atoms with Crippen LogP contribution in [0.2, 0.25) is 0 Å². The van der Waals surface area contributed by atoms with E-state index >= 15 is 0 Å². The number of ether oxygens (including phenoxy) is 1. The summed E-state index contributed by atoms with van der Waals surface area (Å²) in [5.41, 5.74) is 0.995. The first-order valence-electron chi connectivity index (χ1n) is 6.70. The minimum absolute atomic E-state index is 0.430. The fourth-order valence-electron chi connectivity index (χ4n) is 1.61. The lowest BCUT2D eigenvalue weighted by molar-refractivity contribution is 0.0529. The van der Waals surface area contributed by atoms with Crippen molar-refractivity contribution >= 4 is 11.7 Å². The van der Waals surface area contributed by atoms with E-state index in [1.165, 1.54) is 0 Å². The average molecular weight is 286 g/mol. The molecule has 6 heteroatoms. The number of alkyl carbamates (subject to hydrolysis) is 1. The van der Waals surface area contributed by atoms with Gasteiger partial charge in [0.15, 0.2) is 5.65 Å². The van der Waals surface area contributed by atoms with E-state index in [1.54, 1.807) is 16.9 Å². The van der Waals surface area contributed by atoms with Crippen LogP contribution in [0.4, 0.5) is 4.79 Å². The quantitative estimate of drug-likeness (QED) is 0.677. The van der Waals surface area contributed by atoms with Crippen molar-refractivity contribution in [3.63, 3.8) is 0 Å². The van der Waals surface area contributed by atoms with E-state index < -0.39 is 11.7 Å². The maximum Gasteiger partial charge on any atom is 0.407 e. The normalized spacial score (nSPS) is 10.8. The second-order valence-electron chi connectivity index (χ2n) is 5.42. The third-order valence-corrected chi connectivity index (χ3v) is 2.41. The number of rotatable bonds is 2. The summed E-state index contributed by atoms with van der Waals surface area (Å²) in [6.45, 7) is 5.91. The summed E-state index contributed by atoms with van der Waals surface area (Å²) in [4.78, 5) is 15.6. The Kier molecular flexibility index (Phi) is 4.43. The SMILES string of the molecule is CC(C)(C)OC(=O)NCCC#Cc1cnc2cccnn12. The summed E-state index contributed by atoms with van der Waals surface area (Å²) in [6.07, 6.45) is 3.46. The summed E-state index contributed by atoms with van der Waals surface area (Å²) in [5, 5.41) is 6.83. The molecule has 110 valence electrons. The van der Waals surface area contributed by atoms with E-state index in [1.807, 2.05) is 32.9 Å². The van der Waals surface area contributed by atoms with E-state index in [0.717, 1.165) is 11.3 Å². The van der Waals surface area contributed by atoms with Gasteiger partial charge in [-0.25, -0.2) is 14.3 Å². The van der Waals surface area contributed by atoms with Crippen LogP contribution < -0.4 is 5.32 Å². The topological polar surface area (TPSA) is 68.5 Å². The monoisotopic (exact) mass is 286 g/mol. The third-order valence-electron chi connectivity index (χ3n) is 2.41. The second kappa shape index (κ2) is 6.27. The largest absolute Gasteiger partial charge is 0.444 e. The molecule has 2 aromatic heterocycles. The van der Waals surface area contributed by atoms with Crippen molar-refractivity contribution in [1.82, 2.24) is 19.9 Å². The van der Waals surface area contributed by atoms with E-state index in [0.29, 0.717) is 13.0 Å². The van der Waals surface area contributed by atoms with Crippen LogP contribution in [0.5, 0.6) is 0 Å². The number of fused-ring (bicyclic) bond motifs is 1. The summed E-state index contributed by atoms with van der Waals surface area (Å²) < 4.78 is 6.80. The number of carbonyl (C=O) groups excluding carboxylic acids is 1. The molecule has 2 aromatic rings. The smallest absolute Gasteiger partial charge is 0.407 e. The summed E-state index contributed by atoms with van der Waals surface area (Å²) >= 11 is 0. The molecule has 1 N–H and O–H groups in total. The molecule has 0 aliphatic carbocycles. The van der Waals surface area contributed by atoms with Crippen LogP contribution in [-0.4, -0.2) is 32.8 Å². The van der Waals surface area contributed by atoms with Crippen molar-refractivity contribution in [3.05, 3.63) is 30.2 Å². The molecule has 0 spiro atoms. The van der Waals surface area contributed by atoms with Gasteiger partial charge in [-0.15, -0.1) is 0 Å². The Bertz CT molecular complexity index is 689. The number of hydrogen-bond acceptors (Lipinski definition) is 4. The predicted octanol–water partition coefficient (Wildman–Crippen LogP) is 2.00. The molecule has 0 radical (unpaired) electrons. The lowest BCUT2D eigenvalue weighted by Gasteiger charge is -2.19. The van der Waals surface area contributed by atoms with Crippen LogP contribution in [0, 0.1) is 11.8 Å². The van der Waals surface area contributed by atoms with E-state index in [2.05, 4.69) is 27.2 Å². The zero-order valence-corrected chi connectivity index (χ0v) is 12.4. The summed E-state index contributed by atoms with van der Waals surface area (Å²) in [7, 11) is 0. The van der Waals surface area contributed by atoms with Crippen molar-refractivity contribution in [2.24, 2.45) is 0 Å². The Hall–Kier alpha value is -2.55. The van der Waals surface area contributed by atoms with Gasteiger partial charge in [-0.2, -0.15) is 5.10 Å². The van der Waals surface area contributed by atoms with Gasteiger partial charge in [0.25, 0.3) is 0 Å². The molecule has 0 unspecified atom stereocenters. The molecular formula is C15H18N4O2. The number of hydrogen-bond donors (Lipinski definition) is 1. The fourth-order valence-corrected chi connectivity index (χ4v) is 1.61. The molecule has 21 heavy (non-hydrogen) atoms. The number of nitrogens with one attached hydrogen (secondary N) is 1. The Morgan fingerprint density at radius 2 is 2.29 bits per heavy atom. The van der Waals surface area contributed by atoms with Crippen LogP contribution in [-0.2, 0) is 4.74 Å². The highest BCUT2D eigenvalue weighted by molar-refractivity contribution is 5.67. The zero-order valence-electron chi connectivity index (χ0n) is 12.4. The molecule has 1 amide bonds. The Labute approximate surface area is 123 Å². The molecule has 0 atom stereocenters. The maximum atomic E-state index is 11.4. The Balaban J connectivity index is 1.83. The molecule has 0 saturated carbocycles. The summed E-state index contributed by atoms with van der Waals surface area (Å²) in [5.74, 6) is 5.96. The number of carbonyl (C=O) groups is 1. The molecule has 0 aromatic carbocycles. The molecule has 0 saturated heterocycles. The fraction of sp³-hybridized carbons (Fsp3) is 0.400. The van der Waals surface area contributed by atoms with Crippen molar-refractivity contribution in [1.29, 1.82) is 0 Å². The summed E-state index contributed by atoms with van der Waals surface area (Å²) in [6, 6.07) is 3.69. The zero-order chi connectivity index (χ0) is 15.3. The van der Waals surface area contributed by atoms with Gasteiger partial charge in [0, 0.05) is 19.2 Å². The average Bonchev–Trinajstić information content (AvgIpc) is 2.80. The molecule has 2 heterocycles. The number of amides is 1. The highest BCUT2D eigenvalue weighted by atomic mass is 16.6. The standard InChI is InChI=1S/C15H18N4O2/c1-15(2,3)21-14(20)16-9-5-4-7-12-11-17-13-8-6-10-18-19(12)13/h6,8,10-11H,5,9H2,1-3H3,(H,16,20). The van der Waals surface area contributed by atoms with E-state index in [-0.39, 0.29) is 0 Å². The van der Waals surface area contributed by atoms with Gasteiger partial charge < -0.3 is 10.1 Å². The predicted molar refractivity (Wildman–Crippen MR) is 78.7 cm³/mol. The lowest BCUT2D eigenvalue weighted by Crippen LogP contribution is -2.32. The van der Waals surface area contributed by atoms with E-state index in [4.69, 9.17) is 4.74 Å². The van der Waals surface area contributed by atoms with Crippen molar-refractivity contribution in [2.45, 2.75) is 32.8 Å². The first kappa shape index (κ1) is 14.9. The van der Waals surface area contributed by atoms with Gasteiger partial charge in [-0.3, -0.25) is 0 Å². The molecule has 0 bridgehead atoms. The number of nitrogens with zero attached hydrogens (tertiary/aromatic N) is 3. The van der Waals surface area contributed by atoms with Gasteiger partial charge in [0.1, 0.15) is 11.3 Å². The molecule has 0 aliphatic rings. The minimum atomic E-state index is -0.488. The highest BCUT2D eigenvalue weighted by Gasteiger charge is 2.15. The van der Waals surface area contributed by atoms with Gasteiger partial charge in [0.2, 0.25) is 0 Å². The van der Waals surface area contributed by atoms with Crippen molar-refractivity contribution in [2.75, 3.05) is 6.54 Å². The Morgan fingerprint density at radius 1 is 1.48 bits per heavy atom. The minimum Gasteiger partial charge on any atom is -0.444 e. The van der Waals surface area contributed by atoms with Crippen LogP contribution in [0.25, 0.3) is 5.65 Å². The van der Waals surface area contributed by atoms with Crippen molar-refractivity contribution in [3.8, 4) is 11.8 Å². The molecule has 6 nitrogen and oxygen atoms in total. The van der Waals surface area contributed by atoms with Crippen LogP contribution in [0.3, 0.4) is 0 Å². The first-order chi connectivity index (χ1) is 9.96. The van der Waals surface area contributed by atoms with Gasteiger partial charge >= 0.3 is 6.09 Å². The molecule has 0 aliphatic heterocycles. The highest BCUT2D eigenvalue weighted by Crippen LogP contribution is 2.06. The van der Waals surface area contributed by atoms with Gasteiger partial charge in [-0.1, -0.05) is 5.92 Å². The van der Waals surface area contributed by atoms with Crippen LogP contribution in [0.1, 0.15) is 32.9 Å². The lowest BCUT2D eigenvalue weighted by atomic mass is 10.2. The third kappa shape index (κ3) is 4.49. The number of imidazole rings is 1. The first-order valence-corrected chi connectivity index (χ1v) is 6.70.